The highest BCUT2D eigenvalue weighted by Crippen LogP contribution is 2.37. The standard InChI is InChI=1S/C18H17N3O2/c1-11(2)9-16-19-15(20-23-16)10-21-14-8-4-6-12-5-3-7-13(17(12)14)18(21)22/h3-8,11H,9-10H2,1-2H3. The maximum absolute atomic E-state index is 12.7. The van der Waals surface area contributed by atoms with Crippen molar-refractivity contribution in [2.45, 2.75) is 26.8 Å². The van der Waals surface area contributed by atoms with E-state index in [1.807, 2.05) is 36.4 Å². The fourth-order valence-electron chi connectivity index (χ4n) is 3.06. The van der Waals surface area contributed by atoms with E-state index in [4.69, 9.17) is 4.52 Å². The van der Waals surface area contributed by atoms with Gasteiger partial charge in [-0.2, -0.15) is 4.98 Å². The van der Waals surface area contributed by atoms with Gasteiger partial charge in [0.05, 0.1) is 12.2 Å². The highest BCUT2D eigenvalue weighted by molar-refractivity contribution is 6.24. The van der Waals surface area contributed by atoms with E-state index < -0.39 is 0 Å². The zero-order chi connectivity index (χ0) is 16.0. The molecule has 0 bridgehead atoms. The zero-order valence-corrected chi connectivity index (χ0v) is 13.1. The van der Waals surface area contributed by atoms with Gasteiger partial charge in [-0.25, -0.2) is 0 Å². The van der Waals surface area contributed by atoms with Gasteiger partial charge in [-0.3, -0.25) is 9.69 Å². The van der Waals surface area contributed by atoms with Crippen LogP contribution in [0, 0.1) is 5.92 Å². The second-order valence-corrected chi connectivity index (χ2v) is 6.27. The van der Waals surface area contributed by atoms with Crippen LogP contribution in [0.1, 0.15) is 35.9 Å². The summed E-state index contributed by atoms with van der Waals surface area (Å²) in [5.41, 5.74) is 1.65. The van der Waals surface area contributed by atoms with E-state index in [0.29, 0.717) is 24.2 Å². The van der Waals surface area contributed by atoms with Gasteiger partial charge in [0.2, 0.25) is 5.89 Å². The number of anilines is 1. The molecular weight excluding hydrogens is 290 g/mol. The molecule has 23 heavy (non-hydrogen) atoms. The Morgan fingerprint density at radius 2 is 1.96 bits per heavy atom. The van der Waals surface area contributed by atoms with Crippen molar-refractivity contribution in [1.29, 1.82) is 0 Å². The summed E-state index contributed by atoms with van der Waals surface area (Å²) in [7, 11) is 0. The first-order chi connectivity index (χ1) is 11.1. The number of nitrogens with zero attached hydrogens (tertiary/aromatic N) is 3. The molecule has 1 aliphatic heterocycles. The lowest BCUT2D eigenvalue weighted by Crippen LogP contribution is -2.26. The lowest BCUT2D eigenvalue weighted by molar-refractivity contribution is 0.0990. The molecule has 1 aliphatic rings. The van der Waals surface area contributed by atoms with Crippen LogP contribution in [0.2, 0.25) is 0 Å². The van der Waals surface area contributed by atoms with Gasteiger partial charge in [0.15, 0.2) is 5.82 Å². The molecule has 0 aliphatic carbocycles. The van der Waals surface area contributed by atoms with Gasteiger partial charge in [0.25, 0.3) is 5.91 Å². The number of benzene rings is 2. The predicted octanol–water partition coefficient (Wildman–Crippen LogP) is 3.58. The molecule has 5 heteroatoms. The van der Waals surface area contributed by atoms with Crippen LogP contribution in [0.3, 0.4) is 0 Å². The zero-order valence-electron chi connectivity index (χ0n) is 13.1. The third kappa shape index (κ3) is 2.29. The number of amides is 1. The molecule has 0 fully saturated rings. The van der Waals surface area contributed by atoms with E-state index in [9.17, 15) is 4.79 Å². The van der Waals surface area contributed by atoms with Crippen molar-refractivity contribution in [3.05, 3.63) is 53.7 Å². The average Bonchev–Trinajstić information content (AvgIpc) is 3.07. The summed E-state index contributed by atoms with van der Waals surface area (Å²) in [6.45, 7) is 4.53. The molecule has 0 spiro atoms. The molecule has 4 rings (SSSR count). The van der Waals surface area contributed by atoms with E-state index >= 15 is 0 Å². The SMILES string of the molecule is CC(C)Cc1nc(CN2C(=O)c3cccc4cccc2c34)no1. The van der Waals surface area contributed by atoms with Crippen molar-refractivity contribution in [1.82, 2.24) is 10.1 Å². The maximum Gasteiger partial charge on any atom is 0.259 e. The highest BCUT2D eigenvalue weighted by atomic mass is 16.5. The summed E-state index contributed by atoms with van der Waals surface area (Å²) in [5.74, 6) is 1.61. The summed E-state index contributed by atoms with van der Waals surface area (Å²) in [5, 5.41) is 6.09. The van der Waals surface area contributed by atoms with Gasteiger partial charge in [-0.15, -0.1) is 0 Å². The highest BCUT2D eigenvalue weighted by Gasteiger charge is 2.30. The van der Waals surface area contributed by atoms with Crippen LogP contribution >= 0.6 is 0 Å². The van der Waals surface area contributed by atoms with Crippen LogP contribution in [0.25, 0.3) is 10.8 Å². The summed E-state index contributed by atoms with van der Waals surface area (Å²) < 4.78 is 5.27. The first-order valence-electron chi connectivity index (χ1n) is 7.78. The molecular formula is C18H17N3O2. The largest absolute Gasteiger partial charge is 0.339 e. The Balaban J connectivity index is 1.68. The molecule has 2 heterocycles. The van der Waals surface area contributed by atoms with Gasteiger partial charge in [-0.1, -0.05) is 43.3 Å². The topological polar surface area (TPSA) is 59.2 Å². The van der Waals surface area contributed by atoms with E-state index in [0.717, 1.165) is 28.4 Å². The fourth-order valence-corrected chi connectivity index (χ4v) is 3.06. The van der Waals surface area contributed by atoms with E-state index in [-0.39, 0.29) is 5.91 Å². The van der Waals surface area contributed by atoms with Crippen LogP contribution in [0.4, 0.5) is 5.69 Å². The molecule has 3 aromatic rings. The molecule has 0 atom stereocenters. The number of rotatable bonds is 4. The third-order valence-corrected chi connectivity index (χ3v) is 4.04. The molecule has 116 valence electrons. The molecule has 0 unspecified atom stereocenters. The minimum Gasteiger partial charge on any atom is -0.339 e. The summed E-state index contributed by atoms with van der Waals surface area (Å²) in [6.07, 6.45) is 0.747. The van der Waals surface area contributed by atoms with E-state index in [1.54, 1.807) is 4.90 Å². The molecule has 5 nitrogen and oxygen atoms in total. The summed E-state index contributed by atoms with van der Waals surface area (Å²) in [4.78, 5) is 18.8. The molecule has 1 aromatic heterocycles. The van der Waals surface area contributed by atoms with Crippen molar-refractivity contribution in [2.24, 2.45) is 5.92 Å². The Hall–Kier alpha value is -2.69. The molecule has 1 amide bonds. The first-order valence-corrected chi connectivity index (χ1v) is 7.78. The Morgan fingerprint density at radius 3 is 2.74 bits per heavy atom. The minimum absolute atomic E-state index is 0.00740. The van der Waals surface area contributed by atoms with Crippen molar-refractivity contribution in [3.63, 3.8) is 0 Å². The smallest absolute Gasteiger partial charge is 0.259 e. The van der Waals surface area contributed by atoms with E-state index in [2.05, 4.69) is 24.0 Å². The van der Waals surface area contributed by atoms with Crippen LogP contribution in [0.5, 0.6) is 0 Å². The lowest BCUT2D eigenvalue weighted by atomic mass is 10.1. The van der Waals surface area contributed by atoms with Gasteiger partial charge in [0.1, 0.15) is 0 Å². The quantitative estimate of drug-likeness (QED) is 0.739. The number of aromatic nitrogens is 2. The first kappa shape index (κ1) is 13.9. The van der Waals surface area contributed by atoms with Crippen LogP contribution in [0.15, 0.2) is 40.9 Å². The lowest BCUT2D eigenvalue weighted by Gasteiger charge is -2.15. The van der Waals surface area contributed by atoms with Crippen molar-refractivity contribution in [2.75, 3.05) is 4.90 Å². The van der Waals surface area contributed by atoms with Crippen LogP contribution in [-0.4, -0.2) is 16.0 Å². The molecule has 0 saturated carbocycles. The normalized spacial score (nSPS) is 13.5. The Labute approximate surface area is 133 Å². The summed E-state index contributed by atoms with van der Waals surface area (Å²) in [6, 6.07) is 11.8. The number of carbonyl (C=O) groups is 1. The Morgan fingerprint density at radius 1 is 1.17 bits per heavy atom. The molecule has 0 N–H and O–H groups in total. The van der Waals surface area contributed by atoms with E-state index in [1.165, 1.54) is 0 Å². The average molecular weight is 307 g/mol. The third-order valence-electron chi connectivity index (χ3n) is 4.04. The van der Waals surface area contributed by atoms with Gasteiger partial charge >= 0.3 is 0 Å². The van der Waals surface area contributed by atoms with Crippen molar-refractivity contribution < 1.29 is 9.32 Å². The maximum atomic E-state index is 12.7. The van der Waals surface area contributed by atoms with Crippen LogP contribution < -0.4 is 4.90 Å². The summed E-state index contributed by atoms with van der Waals surface area (Å²) >= 11 is 0. The van der Waals surface area contributed by atoms with Gasteiger partial charge in [-0.05, 0) is 23.4 Å². The predicted molar refractivity (Wildman–Crippen MR) is 87.3 cm³/mol. The Kier molecular flexibility index (Phi) is 3.15. The monoisotopic (exact) mass is 307 g/mol. The second kappa shape index (κ2) is 5.19. The fraction of sp³-hybridized carbons (Fsp3) is 0.278. The second-order valence-electron chi connectivity index (χ2n) is 6.27. The van der Waals surface area contributed by atoms with Gasteiger partial charge in [0, 0.05) is 17.4 Å². The molecule has 0 saturated heterocycles. The number of carbonyl (C=O) groups excluding carboxylic acids is 1. The molecule has 0 radical (unpaired) electrons. The van der Waals surface area contributed by atoms with Crippen molar-refractivity contribution >= 4 is 22.4 Å². The number of hydrogen-bond donors (Lipinski definition) is 0. The minimum atomic E-state index is -0.00740. The van der Waals surface area contributed by atoms with Gasteiger partial charge < -0.3 is 4.52 Å². The Bertz CT molecular complexity index is 893. The van der Waals surface area contributed by atoms with Crippen molar-refractivity contribution in [3.8, 4) is 0 Å². The number of hydrogen-bond acceptors (Lipinski definition) is 4. The van der Waals surface area contributed by atoms with Crippen LogP contribution in [-0.2, 0) is 13.0 Å². The molecule has 2 aromatic carbocycles.